The highest BCUT2D eigenvalue weighted by Crippen LogP contribution is 2.31. The second-order valence-corrected chi connectivity index (χ2v) is 10.6. The molecule has 4 aromatic rings. The second-order valence-electron chi connectivity index (χ2n) is 9.29. The van der Waals surface area contributed by atoms with Gasteiger partial charge in [0.15, 0.2) is 5.78 Å². The minimum Gasteiger partial charge on any atom is -0.396 e. The Morgan fingerprint density at radius 1 is 1.11 bits per heavy atom. The molecular weight excluding hydrogens is 504 g/mol. The van der Waals surface area contributed by atoms with Crippen LogP contribution in [0.15, 0.2) is 58.7 Å². The van der Waals surface area contributed by atoms with Gasteiger partial charge in [0, 0.05) is 40.3 Å². The van der Waals surface area contributed by atoms with Gasteiger partial charge in [0.1, 0.15) is 5.01 Å². The fraction of sp³-hybridized carbons (Fsp3) is 0.300. The van der Waals surface area contributed by atoms with E-state index in [1.54, 1.807) is 10.6 Å². The Balaban J connectivity index is 1.97. The van der Waals surface area contributed by atoms with Crippen molar-refractivity contribution in [1.29, 1.82) is 0 Å². The number of ketones is 1. The van der Waals surface area contributed by atoms with Crippen LogP contribution in [-0.2, 0) is 12.8 Å². The fourth-order valence-electron chi connectivity index (χ4n) is 4.55. The van der Waals surface area contributed by atoms with Crippen LogP contribution in [0.2, 0.25) is 5.02 Å². The van der Waals surface area contributed by atoms with Crippen LogP contribution in [0.5, 0.6) is 0 Å². The molecule has 2 aromatic carbocycles. The van der Waals surface area contributed by atoms with Gasteiger partial charge in [-0.05, 0) is 55.0 Å². The van der Waals surface area contributed by atoms with Gasteiger partial charge in [0.25, 0.3) is 5.56 Å². The predicted molar refractivity (Wildman–Crippen MR) is 152 cm³/mol. The third-order valence-corrected chi connectivity index (χ3v) is 7.78. The van der Waals surface area contributed by atoms with Crippen LogP contribution >= 0.6 is 22.9 Å². The van der Waals surface area contributed by atoms with E-state index in [-0.39, 0.29) is 30.3 Å². The zero-order chi connectivity index (χ0) is 26.7. The normalized spacial score (nSPS) is 12.1. The first-order valence-electron chi connectivity index (χ1n) is 12.5. The molecule has 37 heavy (non-hydrogen) atoms. The van der Waals surface area contributed by atoms with Crippen LogP contribution in [0.1, 0.15) is 54.4 Å². The fourth-order valence-corrected chi connectivity index (χ4v) is 5.51. The van der Waals surface area contributed by atoms with E-state index < -0.39 is 0 Å². The first kappa shape index (κ1) is 27.0. The van der Waals surface area contributed by atoms with Gasteiger partial charge in [-0.3, -0.25) is 14.2 Å². The summed E-state index contributed by atoms with van der Waals surface area (Å²) in [5, 5.41) is 12.7. The average molecular weight is 535 g/mol. The molecular formula is C30H31ClN2O3S. The van der Waals surface area contributed by atoms with Crippen molar-refractivity contribution in [2.45, 2.75) is 47.0 Å². The number of hydrogen-bond acceptors (Lipinski definition) is 5. The number of pyridine rings is 1. The van der Waals surface area contributed by atoms with E-state index in [2.05, 4.69) is 13.8 Å². The maximum atomic E-state index is 14.1. The van der Waals surface area contributed by atoms with Crippen molar-refractivity contribution in [3.8, 4) is 27.5 Å². The molecule has 0 amide bonds. The smallest absolute Gasteiger partial charge is 0.265 e. The van der Waals surface area contributed by atoms with E-state index in [4.69, 9.17) is 16.6 Å². The number of aliphatic hydroxyl groups is 1. The molecule has 0 radical (unpaired) electrons. The van der Waals surface area contributed by atoms with E-state index in [9.17, 15) is 14.7 Å². The highest BCUT2D eigenvalue weighted by molar-refractivity contribution is 7.13. The number of aliphatic hydroxyl groups excluding tert-OH is 1. The summed E-state index contributed by atoms with van der Waals surface area (Å²) >= 11 is 7.42. The molecule has 192 valence electrons. The summed E-state index contributed by atoms with van der Waals surface area (Å²) in [5.74, 6) is -0.281. The van der Waals surface area contributed by atoms with Gasteiger partial charge < -0.3 is 5.11 Å². The van der Waals surface area contributed by atoms with E-state index in [1.807, 2.05) is 61.7 Å². The van der Waals surface area contributed by atoms with E-state index in [0.29, 0.717) is 26.9 Å². The number of nitrogens with zero attached hydrogens (tertiary/aromatic N) is 2. The van der Waals surface area contributed by atoms with Gasteiger partial charge in [0.2, 0.25) is 0 Å². The number of carbonyl (C=O) groups is 1. The van der Waals surface area contributed by atoms with Crippen molar-refractivity contribution in [3.05, 3.63) is 91.7 Å². The monoisotopic (exact) mass is 534 g/mol. The molecule has 0 saturated heterocycles. The molecule has 1 atom stereocenters. The minimum atomic E-state index is -0.197. The number of Topliss-reactive ketones (excluding diaryl/α,β-unsaturated/α-hetero) is 1. The number of aryl methyl sites for hydroxylation is 2. The zero-order valence-corrected chi connectivity index (χ0v) is 23.1. The molecule has 5 nitrogen and oxygen atoms in total. The first-order valence-corrected chi connectivity index (χ1v) is 13.8. The van der Waals surface area contributed by atoms with Crippen molar-refractivity contribution < 1.29 is 9.90 Å². The lowest BCUT2D eigenvalue weighted by atomic mass is 9.96. The maximum absolute atomic E-state index is 14.1. The maximum Gasteiger partial charge on any atom is 0.265 e. The van der Waals surface area contributed by atoms with Crippen molar-refractivity contribution in [1.82, 2.24) is 9.55 Å². The highest BCUT2D eigenvalue weighted by atomic mass is 35.5. The van der Waals surface area contributed by atoms with Gasteiger partial charge in [0.05, 0.1) is 16.9 Å². The molecule has 0 unspecified atom stereocenters. The standard InChI is InChI=1S/C30H31ClN2O3S/c1-5-20-8-7-9-21(6-2)28(20)33-19(4)24(27(35)14-18(3)16-34)15-25(30(33)36)29-32-26(17-37-29)22-10-12-23(31)13-11-22/h7-13,15,17-18,34H,5-6,14,16H2,1-4H3/t18-/m0/s1. The van der Waals surface area contributed by atoms with E-state index in [0.717, 1.165) is 40.9 Å². The molecule has 2 aromatic heterocycles. The van der Waals surface area contributed by atoms with Crippen LogP contribution in [0, 0.1) is 12.8 Å². The molecule has 0 spiro atoms. The quantitative estimate of drug-likeness (QED) is 0.237. The largest absolute Gasteiger partial charge is 0.396 e. The van der Waals surface area contributed by atoms with Crippen LogP contribution in [-0.4, -0.2) is 27.0 Å². The lowest BCUT2D eigenvalue weighted by Gasteiger charge is -2.21. The van der Waals surface area contributed by atoms with Crippen LogP contribution in [0.25, 0.3) is 27.5 Å². The summed E-state index contributed by atoms with van der Waals surface area (Å²) in [6, 6.07) is 15.2. The Morgan fingerprint density at radius 3 is 2.35 bits per heavy atom. The summed E-state index contributed by atoms with van der Waals surface area (Å²) in [7, 11) is 0. The van der Waals surface area contributed by atoms with Crippen LogP contribution in [0.3, 0.4) is 0 Å². The molecule has 0 aliphatic heterocycles. The molecule has 4 rings (SSSR count). The molecule has 0 fully saturated rings. The van der Waals surface area contributed by atoms with Crippen molar-refractivity contribution >= 4 is 28.7 Å². The number of benzene rings is 2. The molecule has 7 heteroatoms. The number of carbonyl (C=O) groups excluding carboxylic acids is 1. The van der Waals surface area contributed by atoms with E-state index in [1.165, 1.54) is 11.3 Å². The molecule has 0 bridgehead atoms. The summed E-state index contributed by atoms with van der Waals surface area (Å²) in [6.45, 7) is 7.72. The third kappa shape index (κ3) is 5.47. The van der Waals surface area contributed by atoms with Crippen LogP contribution < -0.4 is 5.56 Å². The second kappa shape index (κ2) is 11.5. The number of thiazole rings is 1. The Labute approximate surface area is 226 Å². The van der Waals surface area contributed by atoms with Gasteiger partial charge in [-0.25, -0.2) is 4.98 Å². The zero-order valence-electron chi connectivity index (χ0n) is 21.5. The molecule has 2 heterocycles. The Hall–Kier alpha value is -3.06. The summed E-state index contributed by atoms with van der Waals surface area (Å²) < 4.78 is 1.70. The molecule has 0 saturated carbocycles. The molecule has 0 aliphatic rings. The van der Waals surface area contributed by atoms with Gasteiger partial charge >= 0.3 is 0 Å². The summed E-state index contributed by atoms with van der Waals surface area (Å²) in [5.41, 5.74) is 5.86. The Kier molecular flexibility index (Phi) is 8.42. The lowest BCUT2D eigenvalue weighted by Crippen LogP contribution is -2.27. The first-order chi connectivity index (χ1) is 17.8. The minimum absolute atomic E-state index is 0.0765. The number of halogens is 1. The third-order valence-electron chi connectivity index (χ3n) is 6.66. The van der Waals surface area contributed by atoms with E-state index >= 15 is 0 Å². The molecule has 0 aliphatic carbocycles. The summed E-state index contributed by atoms with van der Waals surface area (Å²) in [4.78, 5) is 32.3. The van der Waals surface area contributed by atoms with Gasteiger partial charge in [-0.15, -0.1) is 11.3 Å². The number of rotatable bonds is 9. The summed E-state index contributed by atoms with van der Waals surface area (Å²) in [6.07, 6.45) is 1.70. The number of hydrogen-bond donors (Lipinski definition) is 1. The lowest BCUT2D eigenvalue weighted by molar-refractivity contribution is 0.0942. The SMILES string of the molecule is CCc1cccc(CC)c1-n1c(C)c(C(=O)C[C@H](C)CO)cc(-c2nc(-c3ccc(Cl)cc3)cs2)c1=O. The Bertz CT molecular complexity index is 1470. The number of aromatic nitrogens is 2. The topological polar surface area (TPSA) is 72.2 Å². The molecule has 1 N–H and O–H groups in total. The number of para-hydroxylation sites is 1. The van der Waals surface area contributed by atoms with Gasteiger partial charge in [-0.1, -0.05) is 62.7 Å². The van der Waals surface area contributed by atoms with Crippen molar-refractivity contribution in [3.63, 3.8) is 0 Å². The van der Waals surface area contributed by atoms with Crippen molar-refractivity contribution in [2.24, 2.45) is 5.92 Å². The average Bonchev–Trinajstić information content (AvgIpc) is 3.39. The van der Waals surface area contributed by atoms with Crippen LogP contribution in [0.4, 0.5) is 0 Å². The van der Waals surface area contributed by atoms with Gasteiger partial charge in [-0.2, -0.15) is 0 Å². The Morgan fingerprint density at radius 2 is 1.76 bits per heavy atom. The highest BCUT2D eigenvalue weighted by Gasteiger charge is 2.24. The van der Waals surface area contributed by atoms with Crippen molar-refractivity contribution in [2.75, 3.05) is 6.61 Å². The predicted octanol–water partition coefficient (Wildman–Crippen LogP) is 6.92.